The van der Waals surface area contributed by atoms with Crippen molar-refractivity contribution in [3.8, 4) is 11.4 Å². The Balaban J connectivity index is 1.48. The lowest BCUT2D eigenvalue weighted by Gasteiger charge is -2.37. The number of rotatable bonds is 4. The largest absolute Gasteiger partial charge is 0.334 e. The van der Waals surface area contributed by atoms with E-state index in [-0.39, 0.29) is 5.91 Å². The van der Waals surface area contributed by atoms with Crippen LogP contribution in [0.1, 0.15) is 42.5 Å². The van der Waals surface area contributed by atoms with E-state index < -0.39 is 0 Å². The minimum Gasteiger partial charge on any atom is -0.334 e. The predicted molar refractivity (Wildman–Crippen MR) is 99.6 cm³/mol. The van der Waals surface area contributed by atoms with Gasteiger partial charge in [0.2, 0.25) is 0 Å². The number of hydrogen-bond acceptors (Lipinski definition) is 5. The Labute approximate surface area is 154 Å². The molecular weight excluding hydrogens is 326 g/mol. The maximum Gasteiger partial charge on any atom is 0.257 e. The molecule has 6 heteroatoms. The fourth-order valence-electron chi connectivity index (χ4n) is 3.98. The molecule has 2 aromatic heterocycles. The summed E-state index contributed by atoms with van der Waals surface area (Å²) in [4.78, 5) is 30.4. The van der Waals surface area contributed by atoms with Crippen LogP contribution < -0.4 is 0 Å². The van der Waals surface area contributed by atoms with Crippen molar-refractivity contribution in [1.29, 1.82) is 0 Å². The van der Waals surface area contributed by atoms with Gasteiger partial charge in [-0.15, -0.1) is 0 Å². The number of pyridine rings is 1. The van der Waals surface area contributed by atoms with Crippen molar-refractivity contribution < 1.29 is 4.79 Å². The third kappa shape index (κ3) is 3.75. The number of piperidine rings is 1. The number of carbonyl (C=O) groups excluding carboxylic acids is 1. The Hall–Kier alpha value is -2.34. The zero-order chi connectivity index (χ0) is 17.8. The molecule has 1 amide bonds. The van der Waals surface area contributed by atoms with E-state index in [0.29, 0.717) is 17.4 Å². The van der Waals surface area contributed by atoms with Crippen LogP contribution in [0.15, 0.2) is 36.9 Å². The van der Waals surface area contributed by atoms with Gasteiger partial charge in [0.25, 0.3) is 5.91 Å². The molecule has 0 aromatic carbocycles. The van der Waals surface area contributed by atoms with Gasteiger partial charge in [-0.05, 0) is 57.3 Å². The first-order chi connectivity index (χ1) is 12.8. The maximum atomic E-state index is 13.0. The number of carbonyl (C=O) groups is 1. The summed E-state index contributed by atoms with van der Waals surface area (Å²) in [7, 11) is 0. The van der Waals surface area contributed by atoms with Crippen molar-refractivity contribution in [2.75, 3.05) is 26.2 Å². The number of aromatic nitrogens is 3. The molecule has 26 heavy (non-hydrogen) atoms. The lowest BCUT2D eigenvalue weighted by molar-refractivity contribution is 0.0560. The summed E-state index contributed by atoms with van der Waals surface area (Å²) in [5, 5.41) is 0. The molecule has 0 saturated carbocycles. The topological polar surface area (TPSA) is 62.2 Å². The van der Waals surface area contributed by atoms with Crippen LogP contribution in [0, 0.1) is 0 Å². The predicted octanol–water partition coefficient (Wildman–Crippen LogP) is 2.63. The van der Waals surface area contributed by atoms with Gasteiger partial charge in [-0.2, -0.15) is 0 Å². The van der Waals surface area contributed by atoms with Gasteiger partial charge in [0.1, 0.15) is 0 Å². The van der Waals surface area contributed by atoms with Gasteiger partial charge >= 0.3 is 0 Å². The normalized spacial score (nSPS) is 21.1. The SMILES string of the molecule is O=C(c1cnc(-c2ccncc2)nc1)N1CCCCC1CN1CCCC1. The molecule has 2 aromatic rings. The van der Waals surface area contributed by atoms with Crippen molar-refractivity contribution in [1.82, 2.24) is 24.8 Å². The second-order valence-electron chi connectivity index (χ2n) is 7.19. The molecule has 6 nitrogen and oxygen atoms in total. The van der Waals surface area contributed by atoms with Gasteiger partial charge in [0.15, 0.2) is 5.82 Å². The molecule has 2 aliphatic heterocycles. The lowest BCUT2D eigenvalue weighted by atomic mass is 10.0. The van der Waals surface area contributed by atoms with E-state index in [9.17, 15) is 4.79 Å². The van der Waals surface area contributed by atoms with Crippen molar-refractivity contribution in [2.24, 2.45) is 0 Å². The van der Waals surface area contributed by atoms with Crippen LogP contribution in [0.3, 0.4) is 0 Å². The van der Waals surface area contributed by atoms with E-state index in [1.807, 2.05) is 17.0 Å². The van der Waals surface area contributed by atoms with Crippen molar-refractivity contribution in [3.63, 3.8) is 0 Å². The van der Waals surface area contributed by atoms with E-state index in [1.165, 1.54) is 32.4 Å². The molecule has 0 spiro atoms. The zero-order valence-electron chi connectivity index (χ0n) is 15.0. The molecule has 2 fully saturated rings. The third-order valence-corrected chi connectivity index (χ3v) is 5.39. The fraction of sp³-hybridized carbons (Fsp3) is 0.500. The molecule has 2 saturated heterocycles. The second kappa shape index (κ2) is 7.91. The number of amides is 1. The molecular formula is C20H25N5O. The first-order valence-corrected chi connectivity index (χ1v) is 9.57. The molecule has 0 radical (unpaired) electrons. The van der Waals surface area contributed by atoms with Crippen LogP contribution in [0.4, 0.5) is 0 Å². The number of hydrogen-bond donors (Lipinski definition) is 0. The van der Waals surface area contributed by atoms with Crippen LogP contribution in [-0.2, 0) is 0 Å². The van der Waals surface area contributed by atoms with Gasteiger partial charge in [0.05, 0.1) is 5.56 Å². The summed E-state index contributed by atoms with van der Waals surface area (Å²) < 4.78 is 0. The van der Waals surface area contributed by atoms with E-state index >= 15 is 0 Å². The third-order valence-electron chi connectivity index (χ3n) is 5.39. The summed E-state index contributed by atoms with van der Waals surface area (Å²) in [5.74, 6) is 0.686. The van der Waals surface area contributed by atoms with Gasteiger partial charge < -0.3 is 9.80 Å². The molecule has 0 bridgehead atoms. The summed E-state index contributed by atoms with van der Waals surface area (Å²) in [6, 6.07) is 4.05. The van der Waals surface area contributed by atoms with Gasteiger partial charge in [0, 0.05) is 49.5 Å². The summed E-state index contributed by atoms with van der Waals surface area (Å²) >= 11 is 0. The van der Waals surface area contributed by atoms with Crippen LogP contribution in [0.2, 0.25) is 0 Å². The average molecular weight is 351 g/mol. The fourth-order valence-corrected chi connectivity index (χ4v) is 3.98. The zero-order valence-corrected chi connectivity index (χ0v) is 15.0. The Kier molecular flexibility index (Phi) is 5.20. The number of nitrogens with zero attached hydrogens (tertiary/aromatic N) is 5. The molecule has 4 heterocycles. The Morgan fingerprint density at radius 2 is 1.69 bits per heavy atom. The standard InChI is InChI=1S/C20H25N5O/c26-20(17-13-22-19(23-14-17)16-6-8-21-9-7-16)25-12-2-1-5-18(25)15-24-10-3-4-11-24/h6-9,13-14,18H,1-5,10-12,15H2. The lowest BCUT2D eigenvalue weighted by Crippen LogP contribution is -2.49. The summed E-state index contributed by atoms with van der Waals surface area (Å²) in [5.41, 5.74) is 1.49. The van der Waals surface area contributed by atoms with Gasteiger partial charge in [-0.25, -0.2) is 9.97 Å². The van der Waals surface area contributed by atoms with Gasteiger partial charge in [-0.3, -0.25) is 9.78 Å². The highest BCUT2D eigenvalue weighted by molar-refractivity contribution is 5.94. The molecule has 1 atom stereocenters. The van der Waals surface area contributed by atoms with Crippen LogP contribution >= 0.6 is 0 Å². The highest BCUT2D eigenvalue weighted by Gasteiger charge is 2.30. The van der Waals surface area contributed by atoms with E-state index in [1.54, 1.807) is 24.8 Å². The van der Waals surface area contributed by atoms with Crippen molar-refractivity contribution in [3.05, 3.63) is 42.5 Å². The highest BCUT2D eigenvalue weighted by Crippen LogP contribution is 2.22. The molecule has 1 unspecified atom stereocenters. The maximum absolute atomic E-state index is 13.0. The van der Waals surface area contributed by atoms with Crippen molar-refractivity contribution >= 4 is 5.91 Å². The molecule has 2 aliphatic rings. The molecule has 136 valence electrons. The average Bonchev–Trinajstić information content (AvgIpc) is 3.22. The van der Waals surface area contributed by atoms with Crippen LogP contribution in [-0.4, -0.2) is 62.9 Å². The quantitative estimate of drug-likeness (QED) is 0.847. The molecule has 4 rings (SSSR count). The number of likely N-dealkylation sites (tertiary alicyclic amines) is 2. The Morgan fingerprint density at radius 1 is 1.00 bits per heavy atom. The summed E-state index contributed by atoms with van der Waals surface area (Å²) in [6.07, 6.45) is 12.7. The first-order valence-electron chi connectivity index (χ1n) is 9.57. The van der Waals surface area contributed by atoms with Crippen LogP contribution in [0.5, 0.6) is 0 Å². The molecule has 0 aliphatic carbocycles. The monoisotopic (exact) mass is 351 g/mol. The second-order valence-corrected chi connectivity index (χ2v) is 7.19. The van der Waals surface area contributed by atoms with E-state index in [0.717, 1.165) is 31.5 Å². The highest BCUT2D eigenvalue weighted by atomic mass is 16.2. The van der Waals surface area contributed by atoms with E-state index in [2.05, 4.69) is 19.9 Å². The minimum atomic E-state index is 0.0650. The minimum absolute atomic E-state index is 0.0650. The first kappa shape index (κ1) is 17.1. The Morgan fingerprint density at radius 3 is 2.42 bits per heavy atom. The summed E-state index contributed by atoms with van der Waals surface area (Å²) in [6.45, 7) is 4.18. The Bertz CT molecular complexity index is 728. The van der Waals surface area contributed by atoms with Crippen molar-refractivity contribution in [2.45, 2.75) is 38.1 Å². The molecule has 0 N–H and O–H groups in total. The smallest absolute Gasteiger partial charge is 0.257 e. The van der Waals surface area contributed by atoms with E-state index in [4.69, 9.17) is 0 Å². The van der Waals surface area contributed by atoms with Crippen LogP contribution in [0.25, 0.3) is 11.4 Å². The van der Waals surface area contributed by atoms with Gasteiger partial charge in [-0.1, -0.05) is 0 Å².